The van der Waals surface area contributed by atoms with Gasteiger partial charge in [0, 0.05) is 11.1 Å². The molecule has 4 rings (SSSR count). The van der Waals surface area contributed by atoms with Gasteiger partial charge in [-0.1, -0.05) is 0 Å². The van der Waals surface area contributed by atoms with Crippen LogP contribution in [0.15, 0.2) is 28.2 Å². The number of aromatic amines is 1. The number of imidazole rings is 1. The molecule has 0 spiro atoms. The molecule has 1 aliphatic carbocycles. The Bertz CT molecular complexity index is 673. The molecule has 0 bridgehead atoms. The van der Waals surface area contributed by atoms with E-state index in [2.05, 4.69) is 15.0 Å². The number of furan rings is 1. The normalized spacial score (nSPS) is 14.5. The van der Waals surface area contributed by atoms with Crippen LogP contribution in [0.3, 0.4) is 0 Å². The second kappa shape index (κ2) is 4.35. The standard InChI is InChI=1S/C14H13N3OS/c1-2-5-10-9(4-1)15-13(16-10)14-17-11(8-19-14)12-6-3-7-18-12/h3,6-8H,1-2,4-5H2,(H,15,16). The predicted molar refractivity (Wildman–Crippen MR) is 74.0 cm³/mol. The van der Waals surface area contributed by atoms with E-state index >= 15 is 0 Å². The third-order valence-electron chi connectivity index (χ3n) is 3.44. The van der Waals surface area contributed by atoms with Crippen LogP contribution < -0.4 is 0 Å². The van der Waals surface area contributed by atoms with Gasteiger partial charge in [0.05, 0.1) is 12.0 Å². The summed E-state index contributed by atoms with van der Waals surface area (Å²) in [5.74, 6) is 1.70. The molecular formula is C14H13N3OS. The molecule has 1 aliphatic rings. The summed E-state index contributed by atoms with van der Waals surface area (Å²) >= 11 is 1.60. The lowest BCUT2D eigenvalue weighted by Crippen LogP contribution is -2.00. The van der Waals surface area contributed by atoms with Crippen molar-refractivity contribution < 1.29 is 4.42 Å². The number of hydrogen-bond acceptors (Lipinski definition) is 4. The van der Waals surface area contributed by atoms with E-state index in [0.717, 1.165) is 35.1 Å². The van der Waals surface area contributed by atoms with E-state index in [4.69, 9.17) is 4.42 Å². The first-order valence-electron chi connectivity index (χ1n) is 6.48. The second-order valence-corrected chi connectivity index (χ2v) is 5.59. The molecule has 0 atom stereocenters. The summed E-state index contributed by atoms with van der Waals surface area (Å²) in [4.78, 5) is 12.7. The van der Waals surface area contributed by atoms with Crippen LogP contribution in [0, 0.1) is 0 Å². The zero-order valence-corrected chi connectivity index (χ0v) is 11.2. The number of aromatic nitrogens is 3. The first kappa shape index (κ1) is 11.0. The molecule has 3 aromatic rings. The van der Waals surface area contributed by atoms with E-state index in [1.807, 2.05) is 17.5 Å². The third-order valence-corrected chi connectivity index (χ3v) is 4.28. The number of hydrogen-bond donors (Lipinski definition) is 1. The maximum atomic E-state index is 5.36. The quantitative estimate of drug-likeness (QED) is 0.773. The fourth-order valence-electron chi connectivity index (χ4n) is 2.47. The Morgan fingerprint density at radius 3 is 3.00 bits per heavy atom. The van der Waals surface area contributed by atoms with Gasteiger partial charge in [-0.2, -0.15) is 0 Å². The molecule has 19 heavy (non-hydrogen) atoms. The lowest BCUT2D eigenvalue weighted by molar-refractivity contribution is 0.580. The molecule has 5 heteroatoms. The fourth-order valence-corrected chi connectivity index (χ4v) is 3.23. The van der Waals surface area contributed by atoms with Gasteiger partial charge in [-0.05, 0) is 37.8 Å². The number of rotatable bonds is 2. The molecular weight excluding hydrogens is 258 g/mol. The lowest BCUT2D eigenvalue weighted by Gasteiger charge is -2.07. The summed E-state index contributed by atoms with van der Waals surface area (Å²) < 4.78 is 5.36. The number of nitrogens with zero attached hydrogens (tertiary/aromatic N) is 2. The van der Waals surface area contributed by atoms with E-state index in [-0.39, 0.29) is 0 Å². The lowest BCUT2D eigenvalue weighted by atomic mass is 10.0. The molecule has 0 aliphatic heterocycles. The van der Waals surface area contributed by atoms with E-state index in [0.29, 0.717) is 0 Å². The van der Waals surface area contributed by atoms with Crippen molar-refractivity contribution in [2.75, 3.05) is 0 Å². The van der Waals surface area contributed by atoms with Gasteiger partial charge in [-0.3, -0.25) is 0 Å². The van der Waals surface area contributed by atoms with Crippen LogP contribution in [-0.2, 0) is 12.8 Å². The summed E-state index contributed by atoms with van der Waals surface area (Å²) in [5.41, 5.74) is 3.38. The van der Waals surface area contributed by atoms with Gasteiger partial charge in [0.1, 0.15) is 5.69 Å². The zero-order chi connectivity index (χ0) is 12.7. The summed E-state index contributed by atoms with van der Waals surface area (Å²) in [6, 6.07) is 3.80. The SMILES string of the molecule is c1coc(-c2csc(-c3nc4c([nH]3)CCCC4)n2)c1. The van der Waals surface area contributed by atoms with Crippen LogP contribution in [0.4, 0.5) is 0 Å². The van der Waals surface area contributed by atoms with Crippen LogP contribution in [-0.4, -0.2) is 15.0 Å². The van der Waals surface area contributed by atoms with Crippen LogP contribution in [0.2, 0.25) is 0 Å². The van der Waals surface area contributed by atoms with Gasteiger partial charge in [0.2, 0.25) is 0 Å². The minimum absolute atomic E-state index is 0.804. The minimum Gasteiger partial charge on any atom is -0.463 e. The number of H-pyrrole nitrogens is 1. The van der Waals surface area contributed by atoms with Gasteiger partial charge < -0.3 is 9.40 Å². The molecule has 4 nitrogen and oxygen atoms in total. The molecule has 0 amide bonds. The summed E-state index contributed by atoms with van der Waals surface area (Å²) in [6.07, 6.45) is 6.36. The maximum absolute atomic E-state index is 5.36. The Balaban J connectivity index is 1.71. The third kappa shape index (κ3) is 1.90. The second-order valence-electron chi connectivity index (χ2n) is 4.73. The zero-order valence-electron chi connectivity index (χ0n) is 10.3. The molecule has 1 N–H and O–H groups in total. The smallest absolute Gasteiger partial charge is 0.167 e. The van der Waals surface area contributed by atoms with Crippen molar-refractivity contribution in [1.29, 1.82) is 0 Å². The van der Waals surface area contributed by atoms with Crippen LogP contribution >= 0.6 is 11.3 Å². The van der Waals surface area contributed by atoms with Crippen molar-refractivity contribution in [3.8, 4) is 22.3 Å². The van der Waals surface area contributed by atoms with Crippen molar-refractivity contribution in [2.24, 2.45) is 0 Å². The highest BCUT2D eigenvalue weighted by atomic mass is 32.1. The molecule has 3 heterocycles. The average molecular weight is 271 g/mol. The largest absolute Gasteiger partial charge is 0.463 e. The Kier molecular flexibility index (Phi) is 2.51. The highest BCUT2D eigenvalue weighted by Gasteiger charge is 2.17. The Morgan fingerprint density at radius 2 is 2.16 bits per heavy atom. The summed E-state index contributed by atoms with van der Waals surface area (Å²) in [5, 5.41) is 2.94. The van der Waals surface area contributed by atoms with E-state index < -0.39 is 0 Å². The maximum Gasteiger partial charge on any atom is 0.167 e. The van der Waals surface area contributed by atoms with Gasteiger partial charge in [0.25, 0.3) is 0 Å². The monoisotopic (exact) mass is 271 g/mol. The van der Waals surface area contributed by atoms with Crippen molar-refractivity contribution in [2.45, 2.75) is 25.7 Å². The van der Waals surface area contributed by atoms with Crippen molar-refractivity contribution in [1.82, 2.24) is 15.0 Å². The number of thiazole rings is 1. The Morgan fingerprint density at radius 1 is 1.21 bits per heavy atom. The van der Waals surface area contributed by atoms with Gasteiger partial charge in [-0.25, -0.2) is 9.97 Å². The fraction of sp³-hybridized carbons (Fsp3) is 0.286. The van der Waals surface area contributed by atoms with Crippen LogP contribution in [0.5, 0.6) is 0 Å². The van der Waals surface area contributed by atoms with Crippen LogP contribution in [0.1, 0.15) is 24.2 Å². The van der Waals surface area contributed by atoms with Gasteiger partial charge >= 0.3 is 0 Å². The predicted octanol–water partition coefficient (Wildman–Crippen LogP) is 3.67. The first-order valence-corrected chi connectivity index (χ1v) is 7.35. The molecule has 0 aromatic carbocycles. The molecule has 0 radical (unpaired) electrons. The van der Waals surface area contributed by atoms with Crippen molar-refractivity contribution in [3.63, 3.8) is 0 Å². The van der Waals surface area contributed by atoms with Crippen molar-refractivity contribution >= 4 is 11.3 Å². The topological polar surface area (TPSA) is 54.7 Å². The molecule has 0 saturated heterocycles. The summed E-state index contributed by atoms with van der Waals surface area (Å²) in [7, 11) is 0. The van der Waals surface area contributed by atoms with Gasteiger partial charge in [0.15, 0.2) is 16.6 Å². The number of nitrogens with one attached hydrogen (secondary N) is 1. The van der Waals surface area contributed by atoms with E-state index in [1.165, 1.54) is 24.2 Å². The first-order chi connectivity index (χ1) is 9.40. The highest BCUT2D eigenvalue weighted by molar-refractivity contribution is 7.13. The Labute approximate surface area is 114 Å². The number of aryl methyl sites for hydroxylation is 2. The number of fused-ring (bicyclic) bond motifs is 1. The average Bonchev–Trinajstić information content (AvgIpc) is 3.17. The molecule has 0 fully saturated rings. The summed E-state index contributed by atoms with van der Waals surface area (Å²) in [6.45, 7) is 0. The molecule has 0 unspecified atom stereocenters. The Hall–Kier alpha value is -1.88. The van der Waals surface area contributed by atoms with E-state index in [1.54, 1.807) is 17.6 Å². The van der Waals surface area contributed by atoms with E-state index in [9.17, 15) is 0 Å². The van der Waals surface area contributed by atoms with Crippen LogP contribution in [0.25, 0.3) is 22.3 Å². The highest BCUT2D eigenvalue weighted by Crippen LogP contribution is 2.29. The molecule has 3 aromatic heterocycles. The molecule has 96 valence electrons. The van der Waals surface area contributed by atoms with Crippen molar-refractivity contribution in [3.05, 3.63) is 35.2 Å². The molecule has 0 saturated carbocycles. The minimum atomic E-state index is 0.804. The van der Waals surface area contributed by atoms with Gasteiger partial charge in [-0.15, -0.1) is 11.3 Å².